The van der Waals surface area contributed by atoms with Crippen LogP contribution in [0.2, 0.25) is 0 Å². The first kappa shape index (κ1) is 11.4. The van der Waals surface area contributed by atoms with Crippen LogP contribution in [0.15, 0.2) is 33.3 Å². The second kappa shape index (κ2) is 4.51. The summed E-state index contributed by atoms with van der Waals surface area (Å²) in [5.74, 6) is 0.464. The number of hydrogen-bond acceptors (Lipinski definition) is 5. The van der Waals surface area contributed by atoms with Crippen LogP contribution in [0.4, 0.5) is 0 Å². The van der Waals surface area contributed by atoms with Crippen molar-refractivity contribution in [3.63, 3.8) is 0 Å². The van der Waals surface area contributed by atoms with Gasteiger partial charge >= 0.3 is 0 Å². The fraction of sp³-hybridized carbons (Fsp3) is 0.182. The molecule has 0 atom stereocenters. The van der Waals surface area contributed by atoms with Crippen molar-refractivity contribution in [3.05, 3.63) is 28.9 Å². The molecule has 92 valence electrons. The number of aromatic nitrogens is 4. The Labute approximate surface area is 111 Å². The Bertz CT molecular complexity index is 690. The zero-order valence-electron chi connectivity index (χ0n) is 9.38. The van der Waals surface area contributed by atoms with Crippen molar-refractivity contribution in [2.45, 2.75) is 6.54 Å². The molecule has 0 amide bonds. The number of hydrogen-bond donors (Lipinski definition) is 1. The summed E-state index contributed by atoms with van der Waals surface area (Å²) in [6, 6.07) is 5.66. The fourth-order valence-corrected chi connectivity index (χ4v) is 2.00. The first-order valence-electron chi connectivity index (χ1n) is 5.43. The summed E-state index contributed by atoms with van der Waals surface area (Å²) in [6.07, 6.45) is 1.77. The Hall–Kier alpha value is -1.73. The maximum atomic E-state index is 5.62. The molecule has 0 fully saturated rings. The van der Waals surface area contributed by atoms with E-state index in [0.29, 0.717) is 24.7 Å². The van der Waals surface area contributed by atoms with Crippen molar-refractivity contribution in [3.8, 4) is 11.6 Å². The standard InChI is InChI=1S/C11H10BrN5O/c12-7-1-2-10-8(5-7)14-11(18-10)9-6-17(4-3-13)16-15-9/h1-2,5-6H,3-4,13H2. The minimum Gasteiger partial charge on any atom is -0.435 e. The Kier molecular flexibility index (Phi) is 2.85. The van der Waals surface area contributed by atoms with Gasteiger partial charge in [0, 0.05) is 11.0 Å². The molecule has 6 nitrogen and oxygen atoms in total. The molecule has 2 heterocycles. The highest BCUT2D eigenvalue weighted by atomic mass is 79.9. The van der Waals surface area contributed by atoms with Gasteiger partial charge in [0.05, 0.1) is 12.7 Å². The van der Waals surface area contributed by atoms with Crippen molar-refractivity contribution in [2.24, 2.45) is 5.73 Å². The number of nitrogens with zero attached hydrogens (tertiary/aromatic N) is 4. The van der Waals surface area contributed by atoms with Crippen LogP contribution in [0.25, 0.3) is 22.7 Å². The van der Waals surface area contributed by atoms with Crippen molar-refractivity contribution < 1.29 is 4.42 Å². The van der Waals surface area contributed by atoms with E-state index in [9.17, 15) is 0 Å². The van der Waals surface area contributed by atoms with E-state index in [-0.39, 0.29) is 0 Å². The summed E-state index contributed by atoms with van der Waals surface area (Å²) < 4.78 is 8.25. The van der Waals surface area contributed by atoms with Crippen molar-refractivity contribution in [1.82, 2.24) is 20.0 Å². The molecule has 2 aromatic heterocycles. The van der Waals surface area contributed by atoms with Gasteiger partial charge in [-0.05, 0) is 18.2 Å². The second-order valence-corrected chi connectivity index (χ2v) is 4.70. The average Bonchev–Trinajstić information content (AvgIpc) is 2.94. The first-order chi connectivity index (χ1) is 8.76. The van der Waals surface area contributed by atoms with E-state index >= 15 is 0 Å². The highest BCUT2D eigenvalue weighted by molar-refractivity contribution is 9.10. The van der Waals surface area contributed by atoms with E-state index in [4.69, 9.17) is 10.2 Å². The first-order valence-corrected chi connectivity index (χ1v) is 6.22. The molecule has 0 saturated heterocycles. The number of halogens is 1. The number of benzene rings is 1. The van der Waals surface area contributed by atoms with Gasteiger partial charge in [-0.2, -0.15) is 0 Å². The van der Waals surface area contributed by atoms with E-state index in [0.717, 1.165) is 15.6 Å². The summed E-state index contributed by atoms with van der Waals surface area (Å²) in [4.78, 5) is 4.37. The minimum atomic E-state index is 0.464. The molecule has 0 aliphatic heterocycles. The van der Waals surface area contributed by atoms with Crippen LogP contribution in [0.3, 0.4) is 0 Å². The predicted octanol–water partition coefficient (Wildman–Crippen LogP) is 1.81. The highest BCUT2D eigenvalue weighted by Gasteiger charge is 2.11. The van der Waals surface area contributed by atoms with Crippen LogP contribution in [0.5, 0.6) is 0 Å². The fourth-order valence-electron chi connectivity index (χ4n) is 1.65. The van der Waals surface area contributed by atoms with E-state index in [1.165, 1.54) is 0 Å². The molecule has 0 spiro atoms. The minimum absolute atomic E-state index is 0.464. The summed E-state index contributed by atoms with van der Waals surface area (Å²) in [6.45, 7) is 1.14. The van der Waals surface area contributed by atoms with Crippen LogP contribution in [0.1, 0.15) is 0 Å². The van der Waals surface area contributed by atoms with Gasteiger partial charge in [-0.25, -0.2) is 4.98 Å². The molecule has 0 saturated carbocycles. The van der Waals surface area contributed by atoms with Crippen LogP contribution < -0.4 is 5.73 Å². The van der Waals surface area contributed by atoms with Gasteiger partial charge in [-0.1, -0.05) is 21.1 Å². The largest absolute Gasteiger partial charge is 0.435 e. The predicted molar refractivity (Wildman–Crippen MR) is 69.8 cm³/mol. The molecule has 3 rings (SSSR count). The smallest absolute Gasteiger partial charge is 0.249 e. The molecule has 0 unspecified atom stereocenters. The SMILES string of the molecule is NCCn1cc(-c2nc3cc(Br)ccc3o2)nn1. The van der Waals surface area contributed by atoms with Crippen LogP contribution in [0, 0.1) is 0 Å². The van der Waals surface area contributed by atoms with Crippen molar-refractivity contribution in [1.29, 1.82) is 0 Å². The molecular weight excluding hydrogens is 298 g/mol. The van der Waals surface area contributed by atoms with Gasteiger partial charge in [0.2, 0.25) is 5.89 Å². The van der Waals surface area contributed by atoms with E-state index in [2.05, 4.69) is 31.2 Å². The average molecular weight is 308 g/mol. The lowest BCUT2D eigenvalue weighted by Gasteiger charge is -1.91. The Morgan fingerprint density at radius 2 is 2.28 bits per heavy atom. The molecule has 1 aromatic carbocycles. The maximum absolute atomic E-state index is 5.62. The van der Waals surface area contributed by atoms with E-state index < -0.39 is 0 Å². The third kappa shape index (κ3) is 2.02. The van der Waals surface area contributed by atoms with Gasteiger partial charge in [0.15, 0.2) is 11.3 Å². The van der Waals surface area contributed by atoms with Gasteiger partial charge in [-0.15, -0.1) is 5.10 Å². The summed E-state index contributed by atoms with van der Waals surface area (Å²) in [5, 5.41) is 7.96. The third-order valence-electron chi connectivity index (χ3n) is 2.47. The summed E-state index contributed by atoms with van der Waals surface area (Å²) in [5.41, 5.74) is 7.57. The maximum Gasteiger partial charge on any atom is 0.249 e. The van der Waals surface area contributed by atoms with E-state index in [1.54, 1.807) is 10.9 Å². The summed E-state index contributed by atoms with van der Waals surface area (Å²) in [7, 11) is 0. The molecule has 0 bridgehead atoms. The van der Waals surface area contributed by atoms with Crippen molar-refractivity contribution >= 4 is 27.0 Å². The summed E-state index contributed by atoms with van der Waals surface area (Å²) >= 11 is 3.39. The van der Waals surface area contributed by atoms with Crippen molar-refractivity contribution in [2.75, 3.05) is 6.54 Å². The lowest BCUT2D eigenvalue weighted by molar-refractivity contribution is 0.598. The number of oxazole rings is 1. The van der Waals surface area contributed by atoms with Gasteiger partial charge in [0.25, 0.3) is 0 Å². The molecule has 18 heavy (non-hydrogen) atoms. The van der Waals surface area contributed by atoms with Crippen LogP contribution in [-0.2, 0) is 6.54 Å². The molecular formula is C11H10BrN5O. The molecule has 7 heteroatoms. The number of nitrogens with two attached hydrogens (primary N) is 1. The topological polar surface area (TPSA) is 82.8 Å². The Balaban J connectivity index is 2.02. The molecule has 0 aliphatic carbocycles. The van der Waals surface area contributed by atoms with Gasteiger partial charge < -0.3 is 10.2 Å². The van der Waals surface area contributed by atoms with Crippen LogP contribution in [-0.4, -0.2) is 26.5 Å². The van der Waals surface area contributed by atoms with E-state index in [1.807, 2.05) is 18.2 Å². The lowest BCUT2D eigenvalue weighted by atomic mass is 10.3. The molecule has 0 aliphatic rings. The molecule has 0 radical (unpaired) electrons. The lowest BCUT2D eigenvalue weighted by Crippen LogP contribution is -2.10. The number of rotatable bonds is 3. The van der Waals surface area contributed by atoms with Crippen LogP contribution >= 0.6 is 15.9 Å². The number of fused-ring (bicyclic) bond motifs is 1. The zero-order chi connectivity index (χ0) is 12.5. The third-order valence-corrected chi connectivity index (χ3v) is 2.96. The van der Waals surface area contributed by atoms with Gasteiger partial charge in [-0.3, -0.25) is 4.68 Å². The molecule has 3 aromatic rings. The highest BCUT2D eigenvalue weighted by Crippen LogP contribution is 2.24. The quantitative estimate of drug-likeness (QED) is 0.798. The Morgan fingerprint density at radius 1 is 1.39 bits per heavy atom. The normalized spacial score (nSPS) is 11.2. The molecule has 2 N–H and O–H groups in total. The Morgan fingerprint density at radius 3 is 3.11 bits per heavy atom. The monoisotopic (exact) mass is 307 g/mol. The van der Waals surface area contributed by atoms with Gasteiger partial charge in [0.1, 0.15) is 5.52 Å². The zero-order valence-corrected chi connectivity index (χ0v) is 11.0. The second-order valence-electron chi connectivity index (χ2n) is 3.79.